The van der Waals surface area contributed by atoms with Crippen LogP contribution in [-0.4, -0.2) is 41.1 Å². The summed E-state index contributed by atoms with van der Waals surface area (Å²) in [5, 5.41) is 3.27. The Kier molecular flexibility index (Phi) is 10.3. The van der Waals surface area contributed by atoms with Gasteiger partial charge in [0.15, 0.2) is 0 Å². The normalized spacial score (nSPS) is 11.9. The van der Waals surface area contributed by atoms with Gasteiger partial charge in [-0.25, -0.2) is 4.39 Å². The molecule has 0 saturated carbocycles. The van der Waals surface area contributed by atoms with E-state index in [4.69, 9.17) is 11.6 Å². The van der Waals surface area contributed by atoms with E-state index in [1.165, 1.54) is 17.8 Å². The van der Waals surface area contributed by atoms with Crippen molar-refractivity contribution in [3.63, 3.8) is 0 Å². The molecule has 1 N–H and O–H groups in total. The molecule has 4 nitrogen and oxygen atoms in total. The number of benzene rings is 2. The van der Waals surface area contributed by atoms with Crippen LogP contribution in [0, 0.1) is 5.82 Å². The zero-order valence-electron chi connectivity index (χ0n) is 18.2. The molecule has 31 heavy (non-hydrogen) atoms. The van der Waals surface area contributed by atoms with E-state index in [-0.39, 0.29) is 29.4 Å². The lowest BCUT2D eigenvalue weighted by atomic mass is 10.1. The third-order valence-electron chi connectivity index (χ3n) is 4.83. The molecular weight excluding hydrogens is 435 g/mol. The lowest BCUT2D eigenvalue weighted by Crippen LogP contribution is -2.52. The van der Waals surface area contributed by atoms with Gasteiger partial charge in [-0.05, 0) is 44.4 Å². The van der Waals surface area contributed by atoms with E-state index in [1.54, 1.807) is 17.0 Å². The van der Waals surface area contributed by atoms with Crippen LogP contribution in [0.2, 0.25) is 5.02 Å². The van der Waals surface area contributed by atoms with Crippen LogP contribution in [0.25, 0.3) is 0 Å². The molecule has 2 amide bonds. The SMILES string of the molecule is CCC(C(=O)NC(C)C)N(CCc1ccccc1)C(=O)CSCc1c(F)cccc1Cl. The van der Waals surface area contributed by atoms with E-state index in [0.717, 1.165) is 5.56 Å². The molecule has 2 aromatic carbocycles. The summed E-state index contributed by atoms with van der Waals surface area (Å²) in [5.74, 6) is -0.236. The Balaban J connectivity index is 2.09. The molecule has 0 fully saturated rings. The minimum atomic E-state index is -0.545. The number of carbonyl (C=O) groups excluding carboxylic acids is 2. The number of hydrogen-bond donors (Lipinski definition) is 1. The molecule has 2 aromatic rings. The molecule has 0 aliphatic carbocycles. The van der Waals surface area contributed by atoms with Crippen LogP contribution in [0.1, 0.15) is 38.3 Å². The van der Waals surface area contributed by atoms with Crippen molar-refractivity contribution in [3.8, 4) is 0 Å². The standard InChI is InChI=1S/C24H30ClFN2O2S/c1-4-22(24(30)27-17(2)3)28(14-13-18-9-6-5-7-10-18)23(29)16-31-15-19-20(25)11-8-12-21(19)26/h5-12,17,22H,4,13-16H2,1-3H3,(H,27,30). The summed E-state index contributed by atoms with van der Waals surface area (Å²) in [6.07, 6.45) is 1.17. The molecule has 168 valence electrons. The first kappa shape index (κ1) is 25.2. The van der Waals surface area contributed by atoms with Gasteiger partial charge >= 0.3 is 0 Å². The van der Waals surface area contributed by atoms with Gasteiger partial charge in [0.2, 0.25) is 11.8 Å². The Morgan fingerprint density at radius 3 is 2.45 bits per heavy atom. The Hall–Kier alpha value is -2.05. The number of hydrogen-bond acceptors (Lipinski definition) is 3. The third kappa shape index (κ3) is 7.86. The maximum absolute atomic E-state index is 14.0. The minimum absolute atomic E-state index is 0.00908. The fraction of sp³-hybridized carbons (Fsp3) is 0.417. The van der Waals surface area contributed by atoms with Crippen LogP contribution in [0.5, 0.6) is 0 Å². The van der Waals surface area contributed by atoms with Crippen molar-refractivity contribution < 1.29 is 14.0 Å². The average molecular weight is 465 g/mol. The number of halogens is 2. The van der Waals surface area contributed by atoms with Crippen molar-refractivity contribution in [3.05, 3.63) is 70.5 Å². The highest BCUT2D eigenvalue weighted by Crippen LogP contribution is 2.24. The molecule has 0 bridgehead atoms. The maximum atomic E-state index is 14.0. The number of amides is 2. The largest absolute Gasteiger partial charge is 0.352 e. The molecular formula is C24H30ClFN2O2S. The first-order chi connectivity index (χ1) is 14.8. The van der Waals surface area contributed by atoms with Gasteiger partial charge in [0.05, 0.1) is 5.75 Å². The van der Waals surface area contributed by atoms with Gasteiger partial charge in [0.1, 0.15) is 11.9 Å². The predicted octanol–water partition coefficient (Wildman–Crippen LogP) is 5.09. The highest BCUT2D eigenvalue weighted by atomic mass is 35.5. The zero-order valence-corrected chi connectivity index (χ0v) is 19.8. The van der Waals surface area contributed by atoms with Crippen LogP contribution < -0.4 is 5.32 Å². The number of nitrogens with zero attached hydrogens (tertiary/aromatic N) is 1. The molecule has 0 heterocycles. The van der Waals surface area contributed by atoms with Crippen molar-refractivity contribution in [1.82, 2.24) is 10.2 Å². The number of carbonyl (C=O) groups is 2. The Morgan fingerprint density at radius 2 is 1.84 bits per heavy atom. The molecule has 0 aromatic heterocycles. The summed E-state index contributed by atoms with van der Waals surface area (Å²) in [6.45, 7) is 6.14. The highest BCUT2D eigenvalue weighted by molar-refractivity contribution is 7.99. The van der Waals surface area contributed by atoms with Crippen molar-refractivity contribution in [2.24, 2.45) is 0 Å². The van der Waals surface area contributed by atoms with Crippen LogP contribution in [0.15, 0.2) is 48.5 Å². The van der Waals surface area contributed by atoms with Gasteiger partial charge in [-0.15, -0.1) is 11.8 Å². The summed E-state index contributed by atoms with van der Waals surface area (Å²) in [5.41, 5.74) is 1.49. The lowest BCUT2D eigenvalue weighted by molar-refractivity contribution is -0.139. The zero-order chi connectivity index (χ0) is 22.8. The summed E-state index contributed by atoms with van der Waals surface area (Å²) < 4.78 is 14.0. The molecule has 1 atom stereocenters. The number of rotatable bonds is 11. The van der Waals surface area contributed by atoms with Crippen LogP contribution in [0.4, 0.5) is 4.39 Å². The topological polar surface area (TPSA) is 49.4 Å². The van der Waals surface area contributed by atoms with Crippen molar-refractivity contribution in [2.75, 3.05) is 12.3 Å². The van der Waals surface area contributed by atoms with E-state index in [2.05, 4.69) is 5.32 Å². The second-order valence-electron chi connectivity index (χ2n) is 7.60. The summed E-state index contributed by atoms with van der Waals surface area (Å²) >= 11 is 7.39. The first-order valence-electron chi connectivity index (χ1n) is 10.5. The van der Waals surface area contributed by atoms with Crippen molar-refractivity contribution >= 4 is 35.2 Å². The van der Waals surface area contributed by atoms with E-state index in [1.807, 2.05) is 51.1 Å². The Morgan fingerprint density at radius 1 is 1.13 bits per heavy atom. The fourth-order valence-corrected chi connectivity index (χ4v) is 4.52. The van der Waals surface area contributed by atoms with E-state index >= 15 is 0 Å². The van der Waals surface area contributed by atoms with Crippen LogP contribution in [0.3, 0.4) is 0 Å². The second-order valence-corrected chi connectivity index (χ2v) is 9.00. The van der Waals surface area contributed by atoms with Crippen LogP contribution >= 0.6 is 23.4 Å². The van der Waals surface area contributed by atoms with Gasteiger partial charge in [-0.1, -0.05) is 54.9 Å². The predicted molar refractivity (Wildman–Crippen MR) is 127 cm³/mol. The van der Waals surface area contributed by atoms with Gasteiger partial charge in [0.25, 0.3) is 0 Å². The maximum Gasteiger partial charge on any atom is 0.242 e. The van der Waals surface area contributed by atoms with E-state index < -0.39 is 6.04 Å². The fourth-order valence-electron chi connectivity index (χ4n) is 3.27. The molecule has 0 radical (unpaired) electrons. The van der Waals surface area contributed by atoms with Gasteiger partial charge in [-0.2, -0.15) is 0 Å². The summed E-state index contributed by atoms with van der Waals surface area (Å²) in [6, 6.07) is 13.9. The highest BCUT2D eigenvalue weighted by Gasteiger charge is 2.28. The summed E-state index contributed by atoms with van der Waals surface area (Å²) in [4.78, 5) is 27.5. The molecule has 7 heteroatoms. The van der Waals surface area contributed by atoms with Gasteiger partial charge in [-0.3, -0.25) is 9.59 Å². The molecule has 0 aliphatic rings. The van der Waals surface area contributed by atoms with Crippen LogP contribution in [-0.2, 0) is 21.8 Å². The number of thioether (sulfide) groups is 1. The van der Waals surface area contributed by atoms with Crippen molar-refractivity contribution in [2.45, 2.75) is 51.4 Å². The Labute approximate surface area is 193 Å². The van der Waals surface area contributed by atoms with Gasteiger partial charge in [0, 0.05) is 28.9 Å². The molecule has 0 spiro atoms. The smallest absolute Gasteiger partial charge is 0.242 e. The summed E-state index contributed by atoms with van der Waals surface area (Å²) in [7, 11) is 0. The van der Waals surface area contributed by atoms with Gasteiger partial charge < -0.3 is 10.2 Å². The minimum Gasteiger partial charge on any atom is -0.352 e. The quantitative estimate of drug-likeness (QED) is 0.504. The average Bonchev–Trinajstić information content (AvgIpc) is 2.73. The second kappa shape index (κ2) is 12.7. The lowest BCUT2D eigenvalue weighted by Gasteiger charge is -2.31. The monoisotopic (exact) mass is 464 g/mol. The molecule has 1 unspecified atom stereocenters. The number of nitrogens with one attached hydrogen (secondary N) is 1. The molecule has 0 saturated heterocycles. The van der Waals surface area contributed by atoms with Crippen molar-refractivity contribution in [1.29, 1.82) is 0 Å². The van der Waals surface area contributed by atoms with E-state index in [9.17, 15) is 14.0 Å². The Bertz CT molecular complexity index is 844. The molecule has 2 rings (SSSR count). The molecule has 0 aliphatic heterocycles. The first-order valence-corrected chi connectivity index (χ1v) is 12.0. The third-order valence-corrected chi connectivity index (χ3v) is 6.13. The van der Waals surface area contributed by atoms with E-state index in [0.29, 0.717) is 35.7 Å².